The molecule has 0 saturated heterocycles. The van der Waals surface area contributed by atoms with E-state index in [1.54, 1.807) is 26.4 Å². The molecule has 6 nitrogen and oxygen atoms in total. The Morgan fingerprint density at radius 3 is 2.41 bits per heavy atom. The van der Waals surface area contributed by atoms with Crippen molar-refractivity contribution < 1.29 is 19.0 Å². The normalized spacial score (nSPS) is 12.8. The molecule has 1 N–H and O–H groups in total. The van der Waals surface area contributed by atoms with Crippen LogP contribution in [0.2, 0.25) is 0 Å². The maximum Gasteiger partial charge on any atom is 0.339 e. The van der Waals surface area contributed by atoms with Gasteiger partial charge >= 0.3 is 5.97 Å². The van der Waals surface area contributed by atoms with E-state index in [2.05, 4.69) is 10.2 Å². The van der Waals surface area contributed by atoms with Crippen LogP contribution < -0.4 is 14.8 Å². The molecule has 142 valence electrons. The van der Waals surface area contributed by atoms with Crippen molar-refractivity contribution in [1.82, 2.24) is 4.90 Å². The second kappa shape index (κ2) is 8.26. The van der Waals surface area contributed by atoms with Crippen LogP contribution in [0.5, 0.6) is 11.5 Å². The number of para-hydroxylation sites is 1. The van der Waals surface area contributed by atoms with Crippen molar-refractivity contribution in [3.63, 3.8) is 0 Å². The number of hydrogen-bond donors (Lipinski definition) is 1. The van der Waals surface area contributed by atoms with E-state index < -0.39 is 5.97 Å². The smallest absolute Gasteiger partial charge is 0.339 e. The molecule has 3 rings (SSSR count). The minimum atomic E-state index is -0.401. The molecule has 1 aliphatic heterocycles. The van der Waals surface area contributed by atoms with Gasteiger partial charge in [-0.05, 0) is 54.0 Å². The predicted molar refractivity (Wildman–Crippen MR) is 108 cm³/mol. The average Bonchev–Trinajstić information content (AvgIpc) is 2.71. The molecule has 0 atom stereocenters. The lowest BCUT2D eigenvalue weighted by molar-refractivity contribution is 0.0602. The van der Waals surface area contributed by atoms with E-state index in [4.69, 9.17) is 26.4 Å². The van der Waals surface area contributed by atoms with Crippen molar-refractivity contribution in [2.24, 2.45) is 0 Å². The van der Waals surface area contributed by atoms with Gasteiger partial charge in [0.1, 0.15) is 0 Å². The molecule has 1 heterocycles. The van der Waals surface area contributed by atoms with Crippen molar-refractivity contribution in [2.45, 2.75) is 13.0 Å². The number of fused-ring (bicyclic) bond motifs is 1. The molecule has 2 aromatic carbocycles. The first kappa shape index (κ1) is 19.0. The number of carbonyl (C=O) groups is 1. The van der Waals surface area contributed by atoms with Crippen molar-refractivity contribution in [2.75, 3.05) is 33.2 Å². The van der Waals surface area contributed by atoms with Crippen LogP contribution in [0.4, 0.5) is 5.69 Å². The summed E-state index contributed by atoms with van der Waals surface area (Å²) < 4.78 is 15.6. The largest absolute Gasteiger partial charge is 0.493 e. The fourth-order valence-corrected chi connectivity index (χ4v) is 3.40. The molecule has 0 radical (unpaired) electrons. The summed E-state index contributed by atoms with van der Waals surface area (Å²) in [6.07, 6.45) is 0.843. The molecule has 0 bridgehead atoms. The summed E-state index contributed by atoms with van der Waals surface area (Å²) in [4.78, 5) is 14.0. The fourth-order valence-electron chi connectivity index (χ4n) is 3.13. The number of benzene rings is 2. The molecule has 0 aromatic heterocycles. The molecule has 27 heavy (non-hydrogen) atoms. The van der Waals surface area contributed by atoms with E-state index in [-0.39, 0.29) is 0 Å². The Morgan fingerprint density at radius 1 is 1.07 bits per heavy atom. The highest BCUT2D eigenvalue weighted by Gasteiger charge is 2.22. The van der Waals surface area contributed by atoms with Crippen LogP contribution >= 0.6 is 12.2 Å². The van der Waals surface area contributed by atoms with Crippen LogP contribution in [-0.2, 0) is 17.7 Å². The molecule has 2 aromatic rings. The van der Waals surface area contributed by atoms with Gasteiger partial charge in [-0.15, -0.1) is 0 Å². The van der Waals surface area contributed by atoms with Crippen LogP contribution in [0.15, 0.2) is 36.4 Å². The van der Waals surface area contributed by atoms with E-state index in [0.717, 1.165) is 24.3 Å². The maximum absolute atomic E-state index is 11.9. The van der Waals surface area contributed by atoms with Crippen LogP contribution in [0.25, 0.3) is 0 Å². The maximum atomic E-state index is 11.9. The zero-order chi connectivity index (χ0) is 19.4. The lowest BCUT2D eigenvalue weighted by Gasteiger charge is -2.32. The van der Waals surface area contributed by atoms with E-state index in [1.165, 1.54) is 12.7 Å². The van der Waals surface area contributed by atoms with Gasteiger partial charge in [0.25, 0.3) is 0 Å². The Hall–Kier alpha value is -2.80. The highest BCUT2D eigenvalue weighted by atomic mass is 32.1. The zero-order valence-corrected chi connectivity index (χ0v) is 16.4. The molecular weight excluding hydrogens is 364 g/mol. The number of carbonyl (C=O) groups excluding carboxylic acids is 1. The molecule has 0 aliphatic carbocycles. The molecule has 7 heteroatoms. The van der Waals surface area contributed by atoms with E-state index in [0.29, 0.717) is 28.7 Å². The SMILES string of the molecule is COC(=O)c1ccccc1NC(=S)N1CCc2cc(OC)c(OC)cc2C1. The Balaban J connectivity index is 1.78. The summed E-state index contributed by atoms with van der Waals surface area (Å²) in [6.45, 7) is 1.43. The summed E-state index contributed by atoms with van der Waals surface area (Å²) in [5.41, 5.74) is 3.45. The van der Waals surface area contributed by atoms with Crippen molar-refractivity contribution >= 4 is 29.0 Å². The highest BCUT2D eigenvalue weighted by molar-refractivity contribution is 7.80. The lowest BCUT2D eigenvalue weighted by atomic mass is 9.99. The van der Waals surface area contributed by atoms with Crippen molar-refractivity contribution in [1.29, 1.82) is 0 Å². The summed E-state index contributed by atoms with van der Waals surface area (Å²) in [6, 6.07) is 11.2. The number of rotatable bonds is 4. The first-order valence-corrected chi connectivity index (χ1v) is 8.95. The summed E-state index contributed by atoms with van der Waals surface area (Å²) in [5.74, 6) is 1.03. The van der Waals surface area contributed by atoms with Gasteiger partial charge < -0.3 is 24.4 Å². The van der Waals surface area contributed by atoms with Gasteiger partial charge in [0.15, 0.2) is 16.6 Å². The van der Waals surface area contributed by atoms with E-state index in [9.17, 15) is 4.79 Å². The van der Waals surface area contributed by atoms with Crippen LogP contribution in [0.3, 0.4) is 0 Å². The molecule has 0 saturated carbocycles. The second-order valence-electron chi connectivity index (χ2n) is 6.11. The Bertz CT molecular complexity index is 869. The third-order valence-electron chi connectivity index (χ3n) is 4.58. The second-order valence-corrected chi connectivity index (χ2v) is 6.50. The number of ether oxygens (including phenoxy) is 3. The third-order valence-corrected chi connectivity index (χ3v) is 4.94. The topological polar surface area (TPSA) is 60.0 Å². The van der Waals surface area contributed by atoms with Crippen LogP contribution in [0.1, 0.15) is 21.5 Å². The van der Waals surface area contributed by atoms with E-state index >= 15 is 0 Å². The van der Waals surface area contributed by atoms with Crippen molar-refractivity contribution in [3.8, 4) is 11.5 Å². The number of nitrogens with one attached hydrogen (secondary N) is 1. The van der Waals surface area contributed by atoms with Gasteiger partial charge in [-0.1, -0.05) is 12.1 Å². The van der Waals surface area contributed by atoms with Crippen LogP contribution in [0, 0.1) is 0 Å². The van der Waals surface area contributed by atoms with Gasteiger partial charge in [-0.25, -0.2) is 4.79 Å². The summed E-state index contributed by atoms with van der Waals surface area (Å²) in [7, 11) is 4.62. The highest BCUT2D eigenvalue weighted by Crippen LogP contribution is 2.33. The molecule has 0 spiro atoms. The van der Waals surface area contributed by atoms with Crippen LogP contribution in [-0.4, -0.2) is 43.9 Å². The quantitative estimate of drug-likeness (QED) is 0.639. The Labute approximate surface area is 164 Å². The molecule has 0 amide bonds. The first-order chi connectivity index (χ1) is 13.1. The zero-order valence-electron chi connectivity index (χ0n) is 15.6. The monoisotopic (exact) mass is 386 g/mol. The minimum absolute atomic E-state index is 0.401. The lowest BCUT2D eigenvalue weighted by Crippen LogP contribution is -2.39. The van der Waals surface area contributed by atoms with Gasteiger partial charge in [0, 0.05) is 13.1 Å². The average molecular weight is 386 g/mol. The number of thiocarbonyl (C=S) groups is 1. The molecule has 1 aliphatic rings. The standard InChI is InChI=1S/C20H22N2O4S/c1-24-17-10-13-8-9-22(12-14(13)11-18(17)25-2)20(27)21-16-7-5-4-6-15(16)19(23)26-3/h4-7,10-11H,8-9,12H2,1-3H3,(H,21,27). The number of anilines is 1. The van der Waals surface area contributed by atoms with Gasteiger partial charge in [0.2, 0.25) is 0 Å². The number of esters is 1. The minimum Gasteiger partial charge on any atom is -0.493 e. The number of hydrogen-bond acceptors (Lipinski definition) is 5. The predicted octanol–water partition coefficient (Wildman–Crippen LogP) is 3.25. The van der Waals surface area contributed by atoms with Gasteiger partial charge in [-0.3, -0.25) is 0 Å². The number of methoxy groups -OCH3 is 3. The van der Waals surface area contributed by atoms with Gasteiger partial charge in [-0.2, -0.15) is 0 Å². The Morgan fingerprint density at radius 2 is 1.74 bits per heavy atom. The number of nitrogens with zero attached hydrogens (tertiary/aromatic N) is 1. The Kier molecular flexibility index (Phi) is 5.81. The fraction of sp³-hybridized carbons (Fsp3) is 0.300. The molecule has 0 fully saturated rings. The molecular formula is C20H22N2O4S. The first-order valence-electron chi connectivity index (χ1n) is 8.54. The van der Waals surface area contributed by atoms with E-state index in [1.807, 2.05) is 24.3 Å². The summed E-state index contributed by atoms with van der Waals surface area (Å²) in [5, 5.41) is 3.74. The van der Waals surface area contributed by atoms with Gasteiger partial charge in [0.05, 0.1) is 32.6 Å². The van der Waals surface area contributed by atoms with Crippen molar-refractivity contribution in [3.05, 3.63) is 53.1 Å². The third kappa shape index (κ3) is 3.98. The molecule has 0 unspecified atom stereocenters. The summed E-state index contributed by atoms with van der Waals surface area (Å²) >= 11 is 5.58.